The summed E-state index contributed by atoms with van der Waals surface area (Å²) in [5, 5.41) is 3.46. The molecule has 5 nitrogen and oxygen atoms in total. The number of nitrogens with one attached hydrogen (secondary N) is 1. The number of carbonyl (C=O) groups excluding carboxylic acids is 1. The van der Waals surface area contributed by atoms with Crippen LogP contribution in [0.3, 0.4) is 0 Å². The molecular weight excluding hydrogens is 427 g/mol. The lowest BCUT2D eigenvalue weighted by Crippen LogP contribution is -2.53. The number of aliphatic imine (C=N–C) groups is 1. The Morgan fingerprint density at radius 1 is 0.882 bits per heavy atom. The summed E-state index contributed by atoms with van der Waals surface area (Å²) >= 11 is 0. The SMILES string of the molecule is Cc1ccc(CC(=O)N2CCN(CNc3ccc(C)cc3)C(=NCc3ccc(F)cc3)C2)cc1. The predicted molar refractivity (Wildman–Crippen MR) is 135 cm³/mol. The second-order valence-corrected chi connectivity index (χ2v) is 8.80. The molecule has 0 radical (unpaired) electrons. The number of rotatable bonds is 7. The highest BCUT2D eigenvalue weighted by Gasteiger charge is 2.25. The van der Waals surface area contributed by atoms with E-state index in [1.54, 1.807) is 12.1 Å². The molecule has 1 aliphatic heterocycles. The fourth-order valence-electron chi connectivity index (χ4n) is 3.88. The van der Waals surface area contributed by atoms with E-state index in [2.05, 4.69) is 41.4 Å². The van der Waals surface area contributed by atoms with Crippen molar-refractivity contribution in [1.82, 2.24) is 9.80 Å². The van der Waals surface area contributed by atoms with Crippen molar-refractivity contribution in [2.45, 2.75) is 26.8 Å². The molecule has 6 heteroatoms. The lowest BCUT2D eigenvalue weighted by Gasteiger charge is -2.37. The number of aryl methyl sites for hydroxylation is 2. The number of halogens is 1. The Morgan fingerprint density at radius 3 is 2.18 bits per heavy atom. The summed E-state index contributed by atoms with van der Waals surface area (Å²) < 4.78 is 13.3. The molecule has 0 bridgehead atoms. The Bertz CT molecular complexity index is 1120. The fourth-order valence-corrected chi connectivity index (χ4v) is 3.88. The number of anilines is 1. The fraction of sp³-hybridized carbons (Fsp3) is 0.286. The van der Waals surface area contributed by atoms with Gasteiger partial charge in [-0.2, -0.15) is 0 Å². The summed E-state index contributed by atoms with van der Waals surface area (Å²) in [4.78, 5) is 21.9. The van der Waals surface area contributed by atoms with Gasteiger partial charge in [-0.25, -0.2) is 4.39 Å². The van der Waals surface area contributed by atoms with Crippen LogP contribution >= 0.6 is 0 Å². The van der Waals surface area contributed by atoms with E-state index in [0.29, 0.717) is 39.3 Å². The van der Waals surface area contributed by atoms with Gasteiger partial charge < -0.3 is 15.1 Å². The van der Waals surface area contributed by atoms with Crippen molar-refractivity contribution in [3.8, 4) is 0 Å². The summed E-state index contributed by atoms with van der Waals surface area (Å²) in [5.74, 6) is 0.697. The van der Waals surface area contributed by atoms with Gasteiger partial charge in [0.1, 0.15) is 11.7 Å². The number of amidine groups is 1. The second kappa shape index (κ2) is 11.0. The maximum atomic E-state index is 13.3. The highest BCUT2D eigenvalue weighted by atomic mass is 19.1. The van der Waals surface area contributed by atoms with Gasteiger partial charge in [0.25, 0.3) is 0 Å². The summed E-state index contributed by atoms with van der Waals surface area (Å²) in [7, 11) is 0. The number of hydrogen-bond acceptors (Lipinski definition) is 3. The molecular formula is C28H31FN4O. The highest BCUT2D eigenvalue weighted by Crippen LogP contribution is 2.14. The third kappa shape index (κ3) is 6.44. The van der Waals surface area contributed by atoms with Crippen molar-refractivity contribution in [2.24, 2.45) is 4.99 Å². The van der Waals surface area contributed by atoms with Crippen molar-refractivity contribution in [3.05, 3.63) is 101 Å². The quantitative estimate of drug-likeness (QED) is 0.553. The number of benzene rings is 3. The van der Waals surface area contributed by atoms with Crippen molar-refractivity contribution >= 4 is 17.4 Å². The Morgan fingerprint density at radius 2 is 1.50 bits per heavy atom. The first-order valence-corrected chi connectivity index (χ1v) is 11.6. The number of carbonyl (C=O) groups is 1. The van der Waals surface area contributed by atoms with E-state index in [4.69, 9.17) is 4.99 Å². The molecule has 0 aliphatic carbocycles. The van der Waals surface area contributed by atoms with Gasteiger partial charge in [0.05, 0.1) is 26.2 Å². The minimum Gasteiger partial charge on any atom is -0.368 e. The molecule has 0 atom stereocenters. The van der Waals surface area contributed by atoms with Crippen molar-refractivity contribution < 1.29 is 9.18 Å². The maximum Gasteiger partial charge on any atom is 0.227 e. The Kier molecular flexibility index (Phi) is 7.58. The monoisotopic (exact) mass is 458 g/mol. The topological polar surface area (TPSA) is 47.9 Å². The van der Waals surface area contributed by atoms with E-state index in [1.165, 1.54) is 23.3 Å². The average Bonchev–Trinajstić information content (AvgIpc) is 2.85. The molecule has 1 heterocycles. The van der Waals surface area contributed by atoms with Crippen LogP contribution in [0.25, 0.3) is 0 Å². The van der Waals surface area contributed by atoms with E-state index in [9.17, 15) is 9.18 Å². The molecule has 3 aromatic carbocycles. The molecule has 1 aliphatic rings. The lowest BCUT2D eigenvalue weighted by atomic mass is 10.1. The maximum absolute atomic E-state index is 13.3. The molecule has 1 fully saturated rings. The first-order chi connectivity index (χ1) is 16.5. The minimum absolute atomic E-state index is 0.101. The van der Waals surface area contributed by atoms with E-state index < -0.39 is 0 Å². The van der Waals surface area contributed by atoms with Crippen LogP contribution in [0.2, 0.25) is 0 Å². The van der Waals surface area contributed by atoms with Crippen molar-refractivity contribution in [2.75, 3.05) is 31.6 Å². The molecule has 0 spiro atoms. The van der Waals surface area contributed by atoms with Gasteiger partial charge in [0.15, 0.2) is 0 Å². The van der Waals surface area contributed by atoms with E-state index >= 15 is 0 Å². The summed E-state index contributed by atoms with van der Waals surface area (Å²) in [6.07, 6.45) is 0.382. The molecule has 0 aromatic heterocycles. The molecule has 176 valence electrons. The van der Waals surface area contributed by atoms with Crippen LogP contribution in [0.5, 0.6) is 0 Å². The van der Waals surface area contributed by atoms with E-state index in [1.807, 2.05) is 36.1 Å². The van der Waals surface area contributed by atoms with Crippen LogP contribution in [0.15, 0.2) is 77.8 Å². The van der Waals surface area contributed by atoms with Crippen LogP contribution in [-0.4, -0.2) is 47.8 Å². The lowest BCUT2D eigenvalue weighted by molar-refractivity contribution is -0.130. The third-order valence-electron chi connectivity index (χ3n) is 6.05. The Balaban J connectivity index is 1.45. The zero-order valence-electron chi connectivity index (χ0n) is 19.8. The van der Waals surface area contributed by atoms with Gasteiger partial charge >= 0.3 is 0 Å². The molecule has 4 rings (SSSR count). The Labute approximate surface area is 200 Å². The summed E-state index contributed by atoms with van der Waals surface area (Å²) in [5.41, 5.74) is 5.39. The molecule has 34 heavy (non-hydrogen) atoms. The number of nitrogens with zero attached hydrogens (tertiary/aromatic N) is 3. The first-order valence-electron chi connectivity index (χ1n) is 11.6. The number of piperazine rings is 1. The average molecular weight is 459 g/mol. The van der Waals surface area contributed by atoms with Crippen molar-refractivity contribution in [1.29, 1.82) is 0 Å². The molecule has 1 N–H and O–H groups in total. The highest BCUT2D eigenvalue weighted by molar-refractivity contribution is 5.90. The summed E-state index contributed by atoms with van der Waals surface area (Å²) in [6, 6.07) is 22.8. The third-order valence-corrected chi connectivity index (χ3v) is 6.05. The zero-order chi connectivity index (χ0) is 23.9. The van der Waals surface area contributed by atoms with Crippen LogP contribution < -0.4 is 5.32 Å². The van der Waals surface area contributed by atoms with E-state index in [0.717, 1.165) is 22.6 Å². The van der Waals surface area contributed by atoms with Gasteiger partial charge in [-0.05, 0) is 49.2 Å². The molecule has 1 saturated heterocycles. The first kappa shape index (κ1) is 23.5. The standard InChI is InChI=1S/C28H31FN4O/c1-21-3-7-23(8-4-21)17-28(34)32-15-16-33(20-31-26-13-5-22(2)6-14-26)27(19-32)30-18-24-9-11-25(29)12-10-24/h3-14,31H,15-20H2,1-2H3. The van der Waals surface area contributed by atoms with Crippen LogP contribution in [0, 0.1) is 19.7 Å². The molecule has 0 unspecified atom stereocenters. The minimum atomic E-state index is -0.258. The zero-order valence-corrected chi connectivity index (χ0v) is 19.8. The van der Waals surface area contributed by atoms with Gasteiger partial charge in [-0.15, -0.1) is 0 Å². The van der Waals surface area contributed by atoms with E-state index in [-0.39, 0.29) is 11.7 Å². The number of hydrogen-bond donors (Lipinski definition) is 1. The Hall–Kier alpha value is -3.67. The summed E-state index contributed by atoms with van der Waals surface area (Å²) in [6.45, 7) is 6.95. The van der Waals surface area contributed by atoms with Gasteiger partial charge in [-0.1, -0.05) is 59.7 Å². The number of amides is 1. The van der Waals surface area contributed by atoms with Crippen molar-refractivity contribution in [3.63, 3.8) is 0 Å². The second-order valence-electron chi connectivity index (χ2n) is 8.80. The molecule has 1 amide bonds. The van der Waals surface area contributed by atoms with Crippen LogP contribution in [0.4, 0.5) is 10.1 Å². The largest absolute Gasteiger partial charge is 0.368 e. The van der Waals surface area contributed by atoms with Gasteiger partial charge in [-0.3, -0.25) is 9.79 Å². The normalized spacial score (nSPS) is 15.0. The van der Waals surface area contributed by atoms with Gasteiger partial charge in [0.2, 0.25) is 5.91 Å². The van der Waals surface area contributed by atoms with Crippen LogP contribution in [0.1, 0.15) is 22.3 Å². The smallest absolute Gasteiger partial charge is 0.227 e. The molecule has 0 saturated carbocycles. The predicted octanol–water partition coefficient (Wildman–Crippen LogP) is 4.80. The van der Waals surface area contributed by atoms with Gasteiger partial charge in [0, 0.05) is 18.8 Å². The molecule has 3 aromatic rings. The van der Waals surface area contributed by atoms with Crippen LogP contribution in [-0.2, 0) is 17.8 Å².